The van der Waals surface area contributed by atoms with Crippen LogP contribution in [0.5, 0.6) is 5.75 Å². The van der Waals surface area contributed by atoms with Gasteiger partial charge in [-0.3, -0.25) is 9.69 Å². The Hall–Kier alpha value is -2.86. The number of carbonyl (C=O) groups is 2. The Balaban J connectivity index is 1.67. The summed E-state index contributed by atoms with van der Waals surface area (Å²) >= 11 is 0. The summed E-state index contributed by atoms with van der Waals surface area (Å²) in [7, 11) is -0.332. The number of hydrogen-bond acceptors (Lipinski definition) is 4. The molecule has 5 nitrogen and oxygen atoms in total. The smallest absolute Gasteiger partial charge is 0.414 e. The van der Waals surface area contributed by atoms with Gasteiger partial charge in [-0.15, -0.1) is 0 Å². The minimum Gasteiger partial charge on any atom is -0.497 e. The van der Waals surface area contributed by atoms with Crippen molar-refractivity contribution in [1.82, 2.24) is 4.90 Å². The normalized spacial score (nSPS) is 24.6. The van der Waals surface area contributed by atoms with E-state index >= 15 is 0 Å². The van der Waals surface area contributed by atoms with E-state index in [0.717, 1.165) is 35.8 Å². The molecule has 0 unspecified atom stereocenters. The molecule has 4 atom stereocenters. The van der Waals surface area contributed by atoms with E-state index in [2.05, 4.69) is 64.7 Å². The van der Waals surface area contributed by atoms with E-state index in [1.165, 1.54) is 5.56 Å². The zero-order chi connectivity index (χ0) is 27.7. The first-order valence-electron chi connectivity index (χ1n) is 13.9. The van der Waals surface area contributed by atoms with Crippen LogP contribution in [0.25, 0.3) is 0 Å². The molecule has 1 aliphatic heterocycles. The average molecular weight is 534 g/mol. The lowest BCUT2D eigenvalue weighted by Crippen LogP contribution is -2.47. The molecular formula is C32H43NO4Si. The second-order valence-electron chi connectivity index (χ2n) is 12.7. The van der Waals surface area contributed by atoms with Crippen LogP contribution in [0, 0.1) is 11.8 Å². The zero-order valence-electron chi connectivity index (χ0n) is 24.0. The van der Waals surface area contributed by atoms with Crippen molar-refractivity contribution in [3.63, 3.8) is 0 Å². The fourth-order valence-corrected chi connectivity index (χ4v) is 7.60. The summed E-state index contributed by atoms with van der Waals surface area (Å²) in [6.07, 6.45) is 4.49. The molecule has 204 valence electrons. The number of methoxy groups -OCH3 is 1. The molecule has 2 aliphatic rings. The maximum Gasteiger partial charge on any atom is 0.414 e. The molecule has 1 amide bonds. The van der Waals surface area contributed by atoms with Crippen LogP contribution >= 0.6 is 0 Å². The Kier molecular flexibility index (Phi) is 8.22. The lowest BCUT2D eigenvalue weighted by atomic mass is 9.64. The monoisotopic (exact) mass is 533 g/mol. The van der Waals surface area contributed by atoms with Crippen LogP contribution in [0.3, 0.4) is 0 Å². The van der Waals surface area contributed by atoms with Crippen molar-refractivity contribution in [2.45, 2.75) is 83.7 Å². The molecule has 0 aromatic heterocycles. The van der Waals surface area contributed by atoms with E-state index in [1.54, 1.807) is 18.2 Å². The minimum absolute atomic E-state index is 0.128. The largest absolute Gasteiger partial charge is 0.497 e. The Labute approximate surface area is 229 Å². The van der Waals surface area contributed by atoms with Gasteiger partial charge in [-0.2, -0.15) is 0 Å². The van der Waals surface area contributed by atoms with E-state index in [4.69, 9.17) is 9.47 Å². The van der Waals surface area contributed by atoms with Gasteiger partial charge in [0.25, 0.3) is 0 Å². The van der Waals surface area contributed by atoms with Crippen LogP contribution in [0.1, 0.15) is 63.6 Å². The van der Waals surface area contributed by atoms with Crippen molar-refractivity contribution in [2.24, 2.45) is 11.8 Å². The standard InChI is InChI=1S/C32H43NO4Si/c1-22-13-18-26(32(2,3)24-11-9-8-10-12-24)29(19-22)37-31(35)33-21-30(38(5,6)7)28(34)20-27(33)23-14-16-25(36-4)17-15-23/h8-12,14-17,21-22,26-27,29H,13,18-20H2,1-7H3/t22-,26-,27-,29-/m1/s1. The summed E-state index contributed by atoms with van der Waals surface area (Å²) in [5.74, 6) is 1.56. The van der Waals surface area contributed by atoms with Gasteiger partial charge in [-0.05, 0) is 52.6 Å². The van der Waals surface area contributed by atoms with Gasteiger partial charge in [0.2, 0.25) is 0 Å². The Morgan fingerprint density at radius 1 is 1.00 bits per heavy atom. The predicted octanol–water partition coefficient (Wildman–Crippen LogP) is 7.69. The molecule has 1 fully saturated rings. The quantitative estimate of drug-likeness (QED) is 0.357. The fraction of sp³-hybridized carbons (Fsp3) is 0.500. The third-order valence-corrected chi connectivity index (χ3v) is 10.6. The van der Waals surface area contributed by atoms with Crippen LogP contribution in [0.4, 0.5) is 4.79 Å². The summed E-state index contributed by atoms with van der Waals surface area (Å²) in [5, 5.41) is 0.789. The fourth-order valence-electron chi connectivity index (χ4n) is 6.14. The van der Waals surface area contributed by atoms with Gasteiger partial charge < -0.3 is 9.47 Å². The van der Waals surface area contributed by atoms with Crippen LogP contribution in [-0.2, 0) is 14.9 Å². The summed E-state index contributed by atoms with van der Waals surface area (Å²) < 4.78 is 11.8. The predicted molar refractivity (Wildman–Crippen MR) is 155 cm³/mol. The summed E-state index contributed by atoms with van der Waals surface area (Å²) in [5.41, 5.74) is 2.03. The first-order chi connectivity index (χ1) is 17.9. The molecule has 6 heteroatoms. The number of rotatable bonds is 6. The molecule has 0 saturated heterocycles. The van der Waals surface area contributed by atoms with Crippen molar-refractivity contribution >= 4 is 20.0 Å². The van der Waals surface area contributed by atoms with Crippen LogP contribution in [0.2, 0.25) is 19.6 Å². The number of allylic oxidation sites excluding steroid dienone is 1. The number of Topliss-reactive ketones (excluding diaryl/α,β-unsaturated/α-hetero) is 1. The molecule has 0 spiro atoms. The summed E-state index contributed by atoms with van der Waals surface area (Å²) in [6, 6.07) is 17.8. The van der Waals surface area contributed by atoms with Crippen molar-refractivity contribution in [1.29, 1.82) is 0 Å². The van der Waals surface area contributed by atoms with Crippen LogP contribution in [0.15, 0.2) is 66.0 Å². The topological polar surface area (TPSA) is 55.8 Å². The lowest BCUT2D eigenvalue weighted by molar-refractivity contribution is -0.116. The van der Waals surface area contributed by atoms with E-state index in [1.807, 2.05) is 30.3 Å². The first kappa shape index (κ1) is 28.2. The van der Waals surface area contributed by atoms with E-state index in [0.29, 0.717) is 5.92 Å². The molecule has 1 heterocycles. The molecule has 1 saturated carbocycles. The van der Waals surface area contributed by atoms with Crippen molar-refractivity contribution in [3.05, 3.63) is 77.1 Å². The number of amides is 1. The van der Waals surface area contributed by atoms with E-state index < -0.39 is 14.1 Å². The van der Waals surface area contributed by atoms with Crippen molar-refractivity contribution < 1.29 is 19.1 Å². The maximum absolute atomic E-state index is 14.0. The number of nitrogens with zero attached hydrogens (tertiary/aromatic N) is 1. The molecule has 0 bridgehead atoms. The Bertz CT molecular complexity index is 1170. The highest BCUT2D eigenvalue weighted by Crippen LogP contribution is 2.44. The van der Waals surface area contributed by atoms with E-state index in [9.17, 15) is 9.59 Å². The molecular weight excluding hydrogens is 490 g/mol. The first-order valence-corrected chi connectivity index (χ1v) is 17.4. The van der Waals surface area contributed by atoms with Gasteiger partial charge in [-0.25, -0.2) is 4.79 Å². The third-order valence-electron chi connectivity index (χ3n) is 8.55. The third kappa shape index (κ3) is 5.90. The van der Waals surface area contributed by atoms with Gasteiger partial charge in [0.1, 0.15) is 11.9 Å². The minimum atomic E-state index is -1.96. The zero-order valence-corrected chi connectivity index (χ0v) is 25.0. The van der Waals surface area contributed by atoms with Gasteiger partial charge in [0.05, 0.1) is 21.2 Å². The highest BCUT2D eigenvalue weighted by Gasteiger charge is 2.44. The SMILES string of the molecule is COc1ccc([C@H]2CC(=O)C([Si](C)(C)C)=CN2C(=O)O[C@@H]2C[C@H](C)CC[C@H]2C(C)(C)c2ccccc2)cc1. The molecule has 1 aliphatic carbocycles. The maximum atomic E-state index is 14.0. The van der Waals surface area contributed by atoms with Gasteiger partial charge in [0, 0.05) is 18.5 Å². The number of hydrogen-bond donors (Lipinski definition) is 0. The molecule has 38 heavy (non-hydrogen) atoms. The van der Waals surface area contributed by atoms with Crippen molar-refractivity contribution in [3.8, 4) is 5.75 Å². The van der Waals surface area contributed by atoms with Gasteiger partial charge in [0.15, 0.2) is 5.78 Å². The Morgan fingerprint density at radius 3 is 2.26 bits per heavy atom. The molecule has 0 N–H and O–H groups in total. The summed E-state index contributed by atoms with van der Waals surface area (Å²) in [4.78, 5) is 29.0. The molecule has 2 aromatic rings. The van der Waals surface area contributed by atoms with Crippen molar-refractivity contribution in [2.75, 3.05) is 7.11 Å². The number of ketones is 1. The average Bonchev–Trinajstić information content (AvgIpc) is 2.88. The second-order valence-corrected chi connectivity index (χ2v) is 17.7. The van der Waals surface area contributed by atoms with Gasteiger partial charge >= 0.3 is 6.09 Å². The molecule has 0 radical (unpaired) electrons. The number of benzene rings is 2. The second kappa shape index (κ2) is 11.1. The summed E-state index contributed by atoms with van der Waals surface area (Å²) in [6.45, 7) is 13.2. The number of carbonyl (C=O) groups excluding carboxylic acids is 2. The highest BCUT2D eigenvalue weighted by atomic mass is 28.3. The van der Waals surface area contributed by atoms with E-state index in [-0.39, 0.29) is 35.7 Å². The Morgan fingerprint density at radius 2 is 1.66 bits per heavy atom. The number of ether oxygens (including phenoxy) is 2. The van der Waals surface area contributed by atoms with Crippen LogP contribution < -0.4 is 4.74 Å². The van der Waals surface area contributed by atoms with Gasteiger partial charge in [-0.1, -0.05) is 89.3 Å². The highest BCUT2D eigenvalue weighted by molar-refractivity contribution is 6.87. The lowest BCUT2D eigenvalue weighted by Gasteiger charge is -2.45. The van der Waals surface area contributed by atoms with Crippen LogP contribution in [-0.4, -0.2) is 38.1 Å². The molecule has 4 rings (SSSR count). The molecule has 2 aromatic carbocycles.